The lowest BCUT2D eigenvalue weighted by molar-refractivity contribution is 0.177. The Morgan fingerprint density at radius 3 is 2.93 bits per heavy atom. The molecule has 5 nitrogen and oxygen atoms in total. The average Bonchev–Trinajstić information content (AvgIpc) is 2.63. The predicted octanol–water partition coefficient (Wildman–Crippen LogP) is 0.851. The smallest absolute Gasteiger partial charge is 0.100 e. The number of rotatable bonds is 6. The molecule has 1 aromatic rings. The molecule has 0 saturated heterocycles. The molecule has 0 aromatic carbocycles. The Labute approximate surface area is 87.9 Å². The SMILES string of the molecule is COCCn1nncc1C(Cl)COC. The van der Waals surface area contributed by atoms with Gasteiger partial charge < -0.3 is 9.47 Å². The first-order valence-electron chi connectivity index (χ1n) is 4.30. The van der Waals surface area contributed by atoms with Gasteiger partial charge >= 0.3 is 0 Å². The fourth-order valence-corrected chi connectivity index (χ4v) is 1.39. The van der Waals surface area contributed by atoms with E-state index in [1.54, 1.807) is 25.1 Å². The zero-order chi connectivity index (χ0) is 10.4. The molecular formula is C8H14ClN3O2. The first-order chi connectivity index (χ1) is 6.79. The summed E-state index contributed by atoms with van der Waals surface area (Å²) in [6, 6.07) is 0. The molecule has 0 N–H and O–H groups in total. The van der Waals surface area contributed by atoms with Crippen LogP contribution in [0.4, 0.5) is 0 Å². The molecule has 0 radical (unpaired) electrons. The molecule has 1 aromatic heterocycles. The maximum atomic E-state index is 6.07. The van der Waals surface area contributed by atoms with Crippen LogP contribution in [0.2, 0.25) is 0 Å². The van der Waals surface area contributed by atoms with Crippen LogP contribution in [0.15, 0.2) is 6.20 Å². The lowest BCUT2D eigenvalue weighted by atomic mass is 10.3. The summed E-state index contributed by atoms with van der Waals surface area (Å²) in [4.78, 5) is 0. The maximum Gasteiger partial charge on any atom is 0.100 e. The van der Waals surface area contributed by atoms with Gasteiger partial charge in [-0.15, -0.1) is 16.7 Å². The second kappa shape index (κ2) is 5.95. The van der Waals surface area contributed by atoms with E-state index in [0.29, 0.717) is 19.8 Å². The fraction of sp³-hybridized carbons (Fsp3) is 0.750. The molecular weight excluding hydrogens is 206 g/mol. The molecule has 0 amide bonds. The van der Waals surface area contributed by atoms with Crippen molar-refractivity contribution in [2.45, 2.75) is 11.9 Å². The Balaban J connectivity index is 2.61. The number of alkyl halides is 1. The molecule has 80 valence electrons. The van der Waals surface area contributed by atoms with Crippen molar-refractivity contribution >= 4 is 11.6 Å². The molecule has 0 aliphatic rings. The van der Waals surface area contributed by atoms with Crippen molar-refractivity contribution in [3.63, 3.8) is 0 Å². The van der Waals surface area contributed by atoms with Crippen LogP contribution in [0.1, 0.15) is 11.1 Å². The zero-order valence-corrected chi connectivity index (χ0v) is 9.07. The summed E-state index contributed by atoms with van der Waals surface area (Å²) in [5, 5.41) is 7.48. The summed E-state index contributed by atoms with van der Waals surface area (Å²) < 4.78 is 11.6. The zero-order valence-electron chi connectivity index (χ0n) is 8.31. The minimum absolute atomic E-state index is 0.216. The van der Waals surface area contributed by atoms with Crippen LogP contribution in [-0.4, -0.2) is 42.4 Å². The van der Waals surface area contributed by atoms with E-state index in [9.17, 15) is 0 Å². The number of nitrogens with zero attached hydrogens (tertiary/aromatic N) is 3. The van der Waals surface area contributed by atoms with Crippen molar-refractivity contribution in [2.75, 3.05) is 27.4 Å². The van der Waals surface area contributed by atoms with Gasteiger partial charge in [-0.2, -0.15) is 0 Å². The highest BCUT2D eigenvalue weighted by Crippen LogP contribution is 2.18. The van der Waals surface area contributed by atoms with E-state index in [0.717, 1.165) is 5.69 Å². The van der Waals surface area contributed by atoms with Crippen LogP contribution >= 0.6 is 11.6 Å². The minimum Gasteiger partial charge on any atom is -0.383 e. The summed E-state index contributed by atoms with van der Waals surface area (Å²) in [5.74, 6) is 0. The van der Waals surface area contributed by atoms with Crippen LogP contribution in [0.25, 0.3) is 0 Å². The van der Waals surface area contributed by atoms with E-state index in [1.807, 2.05) is 0 Å². The number of halogens is 1. The van der Waals surface area contributed by atoms with Crippen molar-refractivity contribution in [3.05, 3.63) is 11.9 Å². The van der Waals surface area contributed by atoms with Crippen LogP contribution < -0.4 is 0 Å². The average molecular weight is 220 g/mol. The minimum atomic E-state index is -0.216. The molecule has 1 rings (SSSR count). The molecule has 0 fully saturated rings. The molecule has 0 saturated carbocycles. The first kappa shape index (κ1) is 11.4. The Morgan fingerprint density at radius 2 is 2.29 bits per heavy atom. The predicted molar refractivity (Wildman–Crippen MR) is 52.4 cm³/mol. The number of methoxy groups -OCH3 is 2. The maximum absolute atomic E-state index is 6.07. The summed E-state index contributed by atoms with van der Waals surface area (Å²) in [7, 11) is 3.25. The molecule has 0 aliphatic heterocycles. The third kappa shape index (κ3) is 2.94. The summed E-state index contributed by atoms with van der Waals surface area (Å²) in [6.07, 6.45) is 1.65. The van der Waals surface area contributed by atoms with Gasteiger partial charge in [0.05, 0.1) is 31.6 Å². The Kier molecular flexibility index (Phi) is 4.86. The molecule has 0 spiro atoms. The van der Waals surface area contributed by atoms with Gasteiger partial charge in [0.2, 0.25) is 0 Å². The topological polar surface area (TPSA) is 49.2 Å². The quantitative estimate of drug-likeness (QED) is 0.666. The van der Waals surface area contributed by atoms with Gasteiger partial charge in [-0.05, 0) is 0 Å². The highest BCUT2D eigenvalue weighted by molar-refractivity contribution is 6.20. The van der Waals surface area contributed by atoms with E-state index in [4.69, 9.17) is 21.1 Å². The van der Waals surface area contributed by atoms with Gasteiger partial charge in [-0.1, -0.05) is 5.21 Å². The van der Waals surface area contributed by atoms with E-state index in [-0.39, 0.29) is 5.38 Å². The van der Waals surface area contributed by atoms with Crippen LogP contribution in [0.5, 0.6) is 0 Å². The van der Waals surface area contributed by atoms with Crippen molar-refractivity contribution in [1.82, 2.24) is 15.0 Å². The highest BCUT2D eigenvalue weighted by Gasteiger charge is 2.13. The lowest BCUT2D eigenvalue weighted by Crippen LogP contribution is -2.12. The molecule has 1 heterocycles. The molecule has 0 aliphatic carbocycles. The van der Waals surface area contributed by atoms with Crippen LogP contribution in [0, 0.1) is 0 Å². The van der Waals surface area contributed by atoms with Gasteiger partial charge in [-0.25, -0.2) is 4.68 Å². The molecule has 6 heteroatoms. The summed E-state index contributed by atoms with van der Waals surface area (Å²) in [5.41, 5.74) is 0.852. The standard InChI is InChI=1S/C8H14ClN3O2/c1-13-4-3-12-8(5-10-11-12)7(9)6-14-2/h5,7H,3-4,6H2,1-2H3. The second-order valence-electron chi connectivity index (χ2n) is 2.80. The van der Waals surface area contributed by atoms with Crippen molar-refractivity contribution in [3.8, 4) is 0 Å². The monoisotopic (exact) mass is 219 g/mol. The molecule has 1 atom stereocenters. The van der Waals surface area contributed by atoms with Gasteiger partial charge in [-0.3, -0.25) is 0 Å². The number of aromatic nitrogens is 3. The Morgan fingerprint density at radius 1 is 1.50 bits per heavy atom. The van der Waals surface area contributed by atoms with Gasteiger partial charge in [0, 0.05) is 14.2 Å². The lowest BCUT2D eigenvalue weighted by Gasteiger charge is -2.09. The summed E-state index contributed by atoms with van der Waals surface area (Å²) in [6.45, 7) is 1.69. The third-order valence-electron chi connectivity index (χ3n) is 1.79. The first-order valence-corrected chi connectivity index (χ1v) is 4.73. The number of hydrogen-bond acceptors (Lipinski definition) is 4. The fourth-order valence-electron chi connectivity index (χ4n) is 1.09. The van der Waals surface area contributed by atoms with E-state index in [1.165, 1.54) is 0 Å². The molecule has 0 bridgehead atoms. The van der Waals surface area contributed by atoms with Gasteiger partial charge in [0.15, 0.2) is 0 Å². The molecule has 1 unspecified atom stereocenters. The normalized spacial score (nSPS) is 13.1. The molecule has 14 heavy (non-hydrogen) atoms. The van der Waals surface area contributed by atoms with Gasteiger partial charge in [0.1, 0.15) is 5.38 Å². The number of hydrogen-bond donors (Lipinski definition) is 0. The third-order valence-corrected chi connectivity index (χ3v) is 2.14. The van der Waals surface area contributed by atoms with Crippen molar-refractivity contribution < 1.29 is 9.47 Å². The Hall–Kier alpha value is -0.650. The summed E-state index contributed by atoms with van der Waals surface area (Å²) >= 11 is 6.07. The second-order valence-corrected chi connectivity index (χ2v) is 3.32. The Bertz CT molecular complexity index is 267. The van der Waals surface area contributed by atoms with Gasteiger partial charge in [0.25, 0.3) is 0 Å². The largest absolute Gasteiger partial charge is 0.383 e. The van der Waals surface area contributed by atoms with E-state index in [2.05, 4.69) is 10.3 Å². The highest BCUT2D eigenvalue weighted by atomic mass is 35.5. The van der Waals surface area contributed by atoms with Crippen LogP contribution in [0.3, 0.4) is 0 Å². The van der Waals surface area contributed by atoms with E-state index >= 15 is 0 Å². The van der Waals surface area contributed by atoms with Crippen LogP contribution in [-0.2, 0) is 16.0 Å². The number of ether oxygens (including phenoxy) is 2. The van der Waals surface area contributed by atoms with Crippen molar-refractivity contribution in [2.24, 2.45) is 0 Å². The van der Waals surface area contributed by atoms with Crippen molar-refractivity contribution in [1.29, 1.82) is 0 Å². The van der Waals surface area contributed by atoms with E-state index < -0.39 is 0 Å².